The molecule has 1 aromatic heterocycles. The van der Waals surface area contributed by atoms with Gasteiger partial charge in [-0.1, -0.05) is 18.2 Å². The van der Waals surface area contributed by atoms with Crippen molar-refractivity contribution in [3.8, 4) is 11.7 Å². The third kappa shape index (κ3) is 3.93. The fourth-order valence-electron chi connectivity index (χ4n) is 1.20. The Morgan fingerprint density at radius 1 is 1.32 bits per heavy atom. The third-order valence-corrected chi connectivity index (χ3v) is 2.52. The van der Waals surface area contributed by atoms with E-state index in [-0.39, 0.29) is 6.01 Å². The molecule has 0 spiro atoms. The first-order valence-corrected chi connectivity index (χ1v) is 7.16. The van der Waals surface area contributed by atoms with E-state index in [4.69, 9.17) is 10.7 Å². The number of ether oxygens (including phenoxy) is 1. The monoisotopic (exact) mass is 302 g/mol. The molecule has 1 heterocycles. The number of halogens is 1. The quantitative estimate of drug-likeness (QED) is 0.843. The molecule has 1 amide bonds. The van der Waals surface area contributed by atoms with Gasteiger partial charge in [-0.25, -0.2) is 14.2 Å². The summed E-state index contributed by atoms with van der Waals surface area (Å²) in [5.74, 6) is 0. The number of amides is 1. The lowest BCUT2D eigenvalue weighted by atomic mass is 10.3. The standard InChI is InChI=1S/C9H7ClN4O4S/c10-19(16,17)13-9(15)18-8-11-6-14(12-8)7-4-2-1-3-5-7/h1-6H,(H,13,15). The van der Waals surface area contributed by atoms with Crippen molar-refractivity contribution in [3.63, 3.8) is 0 Å². The molecule has 0 fully saturated rings. The zero-order valence-corrected chi connectivity index (χ0v) is 10.8. The van der Waals surface area contributed by atoms with Gasteiger partial charge in [0.25, 0.3) is 0 Å². The van der Waals surface area contributed by atoms with Gasteiger partial charge in [0.15, 0.2) is 0 Å². The number of para-hydroxylation sites is 1. The van der Waals surface area contributed by atoms with Crippen LogP contribution in [-0.2, 0) is 9.24 Å². The van der Waals surface area contributed by atoms with Gasteiger partial charge < -0.3 is 4.74 Å². The summed E-state index contributed by atoms with van der Waals surface area (Å²) in [5, 5.41) is 3.84. The summed E-state index contributed by atoms with van der Waals surface area (Å²) in [6.07, 6.45) is 0.0217. The molecular formula is C9H7ClN4O4S. The van der Waals surface area contributed by atoms with E-state index in [1.165, 1.54) is 15.7 Å². The maximum absolute atomic E-state index is 11.1. The molecule has 0 radical (unpaired) electrons. The highest BCUT2D eigenvalue weighted by Crippen LogP contribution is 2.08. The Morgan fingerprint density at radius 3 is 2.63 bits per heavy atom. The van der Waals surface area contributed by atoms with E-state index >= 15 is 0 Å². The van der Waals surface area contributed by atoms with E-state index in [1.54, 1.807) is 24.3 Å². The number of nitrogens with zero attached hydrogens (tertiary/aromatic N) is 3. The number of hydrogen-bond donors (Lipinski definition) is 1. The predicted octanol–water partition coefficient (Wildman–Crippen LogP) is 0.839. The van der Waals surface area contributed by atoms with E-state index in [0.29, 0.717) is 5.69 Å². The zero-order chi connectivity index (χ0) is 13.9. The van der Waals surface area contributed by atoms with Crippen LogP contribution in [0, 0.1) is 0 Å². The van der Waals surface area contributed by atoms with E-state index in [9.17, 15) is 13.2 Å². The van der Waals surface area contributed by atoms with Crippen LogP contribution < -0.4 is 9.46 Å². The van der Waals surface area contributed by atoms with Crippen molar-refractivity contribution in [2.75, 3.05) is 0 Å². The highest BCUT2D eigenvalue weighted by atomic mass is 35.7. The molecule has 0 aliphatic carbocycles. The summed E-state index contributed by atoms with van der Waals surface area (Å²) >= 11 is 0. The Bertz CT molecular complexity index is 685. The van der Waals surface area contributed by atoms with Crippen LogP contribution in [0.3, 0.4) is 0 Å². The van der Waals surface area contributed by atoms with E-state index in [0.717, 1.165) is 0 Å². The van der Waals surface area contributed by atoms with Crippen molar-refractivity contribution in [2.45, 2.75) is 0 Å². The minimum Gasteiger partial charge on any atom is -0.372 e. The number of nitrogens with one attached hydrogen (secondary N) is 1. The smallest absolute Gasteiger partial charge is 0.372 e. The van der Waals surface area contributed by atoms with Crippen LogP contribution in [0.25, 0.3) is 5.69 Å². The van der Waals surface area contributed by atoms with E-state index < -0.39 is 15.3 Å². The highest BCUT2D eigenvalue weighted by Gasteiger charge is 2.15. The van der Waals surface area contributed by atoms with Gasteiger partial charge in [-0.05, 0) is 12.1 Å². The minimum absolute atomic E-state index is 0.304. The maximum Gasteiger partial charge on any atom is 0.429 e. The Kier molecular flexibility index (Phi) is 3.67. The number of hydrogen-bond acceptors (Lipinski definition) is 6. The van der Waals surface area contributed by atoms with Crippen LogP contribution in [-0.4, -0.2) is 29.3 Å². The van der Waals surface area contributed by atoms with Gasteiger partial charge in [0, 0.05) is 10.7 Å². The molecular weight excluding hydrogens is 296 g/mol. The first-order chi connectivity index (χ1) is 8.94. The van der Waals surface area contributed by atoms with Crippen LogP contribution in [0.1, 0.15) is 0 Å². The average molecular weight is 303 g/mol. The second kappa shape index (κ2) is 5.24. The van der Waals surface area contributed by atoms with Gasteiger partial charge in [-0.2, -0.15) is 13.4 Å². The average Bonchev–Trinajstić information content (AvgIpc) is 2.76. The first kappa shape index (κ1) is 13.3. The van der Waals surface area contributed by atoms with Crippen molar-refractivity contribution in [3.05, 3.63) is 36.7 Å². The lowest BCUT2D eigenvalue weighted by Gasteiger charge is -1.99. The summed E-state index contributed by atoms with van der Waals surface area (Å²) in [6, 6.07) is 8.65. The van der Waals surface area contributed by atoms with E-state index in [1.807, 2.05) is 6.07 Å². The van der Waals surface area contributed by atoms with E-state index in [2.05, 4.69) is 14.8 Å². The summed E-state index contributed by atoms with van der Waals surface area (Å²) in [4.78, 5) is 14.8. The number of rotatable bonds is 3. The number of carbonyl (C=O) groups is 1. The van der Waals surface area contributed by atoms with Crippen molar-refractivity contribution in [1.29, 1.82) is 0 Å². The molecule has 0 saturated heterocycles. The molecule has 0 unspecified atom stereocenters. The summed E-state index contributed by atoms with van der Waals surface area (Å²) in [7, 11) is 0.606. The van der Waals surface area contributed by atoms with Gasteiger partial charge in [0.1, 0.15) is 6.33 Å². The lowest BCUT2D eigenvalue weighted by molar-refractivity contribution is 0.203. The zero-order valence-electron chi connectivity index (χ0n) is 9.22. The fraction of sp³-hybridized carbons (Fsp3) is 0. The van der Waals surface area contributed by atoms with Crippen molar-refractivity contribution < 1.29 is 17.9 Å². The fourth-order valence-corrected chi connectivity index (χ4v) is 1.63. The minimum atomic E-state index is -4.20. The first-order valence-electron chi connectivity index (χ1n) is 4.85. The summed E-state index contributed by atoms with van der Waals surface area (Å²) in [6.45, 7) is 0. The maximum atomic E-state index is 11.1. The van der Waals surface area contributed by atoms with Gasteiger partial charge in [-0.3, -0.25) is 0 Å². The number of benzene rings is 1. The molecule has 0 atom stereocenters. The highest BCUT2D eigenvalue weighted by molar-refractivity contribution is 8.12. The molecule has 1 aromatic carbocycles. The van der Waals surface area contributed by atoms with Gasteiger partial charge in [-0.15, -0.1) is 5.10 Å². The molecule has 0 bridgehead atoms. The summed E-state index contributed by atoms with van der Waals surface area (Å²) in [5.41, 5.74) is 0.704. The largest absolute Gasteiger partial charge is 0.429 e. The molecule has 10 heteroatoms. The second-order valence-electron chi connectivity index (χ2n) is 3.24. The van der Waals surface area contributed by atoms with Crippen LogP contribution in [0.2, 0.25) is 0 Å². The van der Waals surface area contributed by atoms with Crippen LogP contribution in [0.4, 0.5) is 4.79 Å². The van der Waals surface area contributed by atoms with Crippen molar-refractivity contribution in [1.82, 2.24) is 19.5 Å². The molecule has 19 heavy (non-hydrogen) atoms. The molecule has 100 valence electrons. The normalized spacial score (nSPS) is 11.0. The van der Waals surface area contributed by atoms with Crippen molar-refractivity contribution >= 4 is 26.0 Å². The molecule has 1 N–H and O–H groups in total. The van der Waals surface area contributed by atoms with Crippen molar-refractivity contribution in [2.24, 2.45) is 0 Å². The van der Waals surface area contributed by atoms with Gasteiger partial charge >= 0.3 is 21.3 Å². The molecule has 8 nitrogen and oxygen atoms in total. The molecule has 0 saturated carbocycles. The predicted molar refractivity (Wildman–Crippen MR) is 65.3 cm³/mol. The number of carbonyl (C=O) groups excluding carboxylic acids is 1. The Balaban J connectivity index is 2.08. The molecule has 0 aliphatic heterocycles. The lowest BCUT2D eigenvalue weighted by Crippen LogP contribution is -2.29. The SMILES string of the molecule is O=C(NS(=O)(=O)Cl)Oc1ncn(-c2ccccc2)n1. The van der Waals surface area contributed by atoms with Crippen LogP contribution in [0.15, 0.2) is 36.7 Å². The third-order valence-electron chi connectivity index (χ3n) is 1.88. The molecule has 2 rings (SSSR count). The molecule has 2 aromatic rings. The topological polar surface area (TPSA) is 103 Å². The van der Waals surface area contributed by atoms with Crippen LogP contribution in [0.5, 0.6) is 6.01 Å². The Labute approximate surface area is 112 Å². The Hall–Kier alpha value is -2.13. The number of aromatic nitrogens is 3. The van der Waals surface area contributed by atoms with Gasteiger partial charge in [0.05, 0.1) is 5.69 Å². The molecule has 0 aliphatic rings. The Morgan fingerprint density at radius 2 is 2.00 bits per heavy atom. The summed E-state index contributed by atoms with van der Waals surface area (Å²) < 4.78 is 28.4. The van der Waals surface area contributed by atoms with Gasteiger partial charge in [0.2, 0.25) is 0 Å². The second-order valence-corrected chi connectivity index (χ2v) is 5.54. The van der Waals surface area contributed by atoms with Crippen LogP contribution >= 0.6 is 10.7 Å².